The predicted molar refractivity (Wildman–Crippen MR) is 73.2 cm³/mol. The average molecular weight is 250 g/mol. The van der Waals surface area contributed by atoms with E-state index in [0.717, 1.165) is 18.8 Å². The van der Waals surface area contributed by atoms with Crippen LogP contribution in [0.5, 0.6) is 0 Å². The molecule has 0 aromatic heterocycles. The molecule has 2 saturated carbocycles. The van der Waals surface area contributed by atoms with Crippen LogP contribution in [0.25, 0.3) is 0 Å². The molecule has 102 valence electrons. The molecular weight excluding hydrogens is 224 g/mol. The van der Waals surface area contributed by atoms with Gasteiger partial charge in [-0.3, -0.25) is 0 Å². The van der Waals surface area contributed by atoms with E-state index in [1.54, 1.807) is 6.92 Å². The molecule has 3 atom stereocenters. The van der Waals surface area contributed by atoms with E-state index in [1.165, 1.54) is 38.5 Å². The van der Waals surface area contributed by atoms with E-state index in [-0.39, 0.29) is 11.6 Å². The van der Waals surface area contributed by atoms with Crippen LogP contribution in [0.4, 0.5) is 0 Å². The minimum Gasteiger partial charge on any atom is -0.455 e. The monoisotopic (exact) mass is 250 g/mol. The molecule has 0 heterocycles. The highest BCUT2D eigenvalue weighted by molar-refractivity contribution is 5.87. The minimum absolute atomic E-state index is 0.189. The quantitative estimate of drug-likeness (QED) is 0.553. The minimum atomic E-state index is -0.193. The second-order valence-electron chi connectivity index (χ2n) is 6.13. The topological polar surface area (TPSA) is 26.3 Å². The first-order valence-electron chi connectivity index (χ1n) is 7.48. The maximum Gasteiger partial charge on any atom is 0.333 e. The van der Waals surface area contributed by atoms with Crippen LogP contribution >= 0.6 is 0 Å². The summed E-state index contributed by atoms with van der Waals surface area (Å²) in [6, 6.07) is 0. The molecule has 2 heteroatoms. The van der Waals surface area contributed by atoms with E-state index < -0.39 is 0 Å². The summed E-state index contributed by atoms with van der Waals surface area (Å²) in [6.45, 7) is 7.62. The SMILES string of the molecule is C=C(C)C(=O)OC1(CC)CCC2CCCCCC21. The first kappa shape index (κ1) is 13.6. The normalized spacial score (nSPS) is 35.7. The summed E-state index contributed by atoms with van der Waals surface area (Å²) in [5.41, 5.74) is 0.338. The molecule has 0 aromatic rings. The van der Waals surface area contributed by atoms with Crippen molar-refractivity contribution in [3.8, 4) is 0 Å². The highest BCUT2D eigenvalue weighted by Crippen LogP contribution is 2.50. The fraction of sp³-hybridized carbons (Fsp3) is 0.812. The van der Waals surface area contributed by atoms with Gasteiger partial charge in [0.1, 0.15) is 5.60 Å². The van der Waals surface area contributed by atoms with E-state index in [2.05, 4.69) is 13.5 Å². The van der Waals surface area contributed by atoms with Gasteiger partial charge in [0, 0.05) is 11.5 Å². The van der Waals surface area contributed by atoms with Crippen LogP contribution in [-0.2, 0) is 9.53 Å². The molecule has 2 nitrogen and oxygen atoms in total. The molecule has 0 aliphatic heterocycles. The smallest absolute Gasteiger partial charge is 0.333 e. The third-order valence-electron chi connectivity index (χ3n) is 5.02. The zero-order chi connectivity index (χ0) is 13.2. The van der Waals surface area contributed by atoms with Crippen molar-refractivity contribution in [2.45, 2.75) is 70.8 Å². The number of esters is 1. The van der Waals surface area contributed by atoms with Gasteiger partial charge >= 0.3 is 5.97 Å². The van der Waals surface area contributed by atoms with Gasteiger partial charge in [0.25, 0.3) is 0 Å². The van der Waals surface area contributed by atoms with E-state index in [1.807, 2.05) is 0 Å². The highest BCUT2D eigenvalue weighted by atomic mass is 16.6. The Bertz CT molecular complexity index is 334. The van der Waals surface area contributed by atoms with Crippen LogP contribution in [0.3, 0.4) is 0 Å². The Morgan fingerprint density at radius 3 is 2.67 bits per heavy atom. The summed E-state index contributed by atoms with van der Waals surface area (Å²) in [6.07, 6.45) is 9.82. The maximum absolute atomic E-state index is 11.9. The second-order valence-corrected chi connectivity index (χ2v) is 6.13. The Labute approximate surface area is 111 Å². The summed E-state index contributed by atoms with van der Waals surface area (Å²) < 4.78 is 5.90. The molecule has 0 spiro atoms. The lowest BCUT2D eigenvalue weighted by molar-refractivity contribution is -0.160. The number of fused-ring (bicyclic) bond motifs is 1. The Morgan fingerprint density at radius 2 is 2.00 bits per heavy atom. The van der Waals surface area contributed by atoms with Crippen LogP contribution in [0.2, 0.25) is 0 Å². The molecule has 2 aliphatic rings. The van der Waals surface area contributed by atoms with Crippen molar-refractivity contribution >= 4 is 5.97 Å². The zero-order valence-electron chi connectivity index (χ0n) is 11.8. The van der Waals surface area contributed by atoms with E-state index in [0.29, 0.717) is 11.5 Å². The standard InChI is InChI=1S/C16H26O2/c1-4-16(18-15(17)12(2)3)11-10-13-8-6-5-7-9-14(13)16/h13-14H,2,4-11H2,1,3H3. The molecule has 0 radical (unpaired) electrons. The maximum atomic E-state index is 11.9. The fourth-order valence-corrected chi connectivity index (χ4v) is 3.95. The van der Waals surface area contributed by atoms with Gasteiger partial charge in [-0.1, -0.05) is 39.2 Å². The third-order valence-corrected chi connectivity index (χ3v) is 5.02. The first-order valence-corrected chi connectivity index (χ1v) is 7.48. The van der Waals surface area contributed by atoms with Crippen molar-refractivity contribution < 1.29 is 9.53 Å². The molecule has 18 heavy (non-hydrogen) atoms. The number of carbonyl (C=O) groups excluding carboxylic acids is 1. The molecule has 0 bridgehead atoms. The van der Waals surface area contributed by atoms with Crippen LogP contribution < -0.4 is 0 Å². The van der Waals surface area contributed by atoms with Gasteiger partial charge in [-0.2, -0.15) is 0 Å². The van der Waals surface area contributed by atoms with Crippen LogP contribution in [-0.4, -0.2) is 11.6 Å². The molecule has 0 amide bonds. The summed E-state index contributed by atoms with van der Waals surface area (Å²) >= 11 is 0. The number of rotatable bonds is 3. The Balaban J connectivity index is 2.15. The van der Waals surface area contributed by atoms with E-state index >= 15 is 0 Å². The van der Waals surface area contributed by atoms with Gasteiger partial charge < -0.3 is 4.74 Å². The molecule has 3 unspecified atom stereocenters. The molecular formula is C16H26O2. The number of hydrogen-bond donors (Lipinski definition) is 0. The van der Waals surface area contributed by atoms with Crippen molar-refractivity contribution in [2.24, 2.45) is 11.8 Å². The Morgan fingerprint density at radius 1 is 1.28 bits per heavy atom. The van der Waals surface area contributed by atoms with Crippen molar-refractivity contribution in [3.63, 3.8) is 0 Å². The summed E-state index contributed by atoms with van der Waals surface area (Å²) in [4.78, 5) is 11.9. The van der Waals surface area contributed by atoms with Crippen LogP contribution in [0.15, 0.2) is 12.2 Å². The lowest BCUT2D eigenvalue weighted by Crippen LogP contribution is -2.40. The molecule has 0 saturated heterocycles. The van der Waals surface area contributed by atoms with Gasteiger partial charge in [-0.15, -0.1) is 0 Å². The third kappa shape index (κ3) is 2.48. The summed E-state index contributed by atoms with van der Waals surface area (Å²) in [7, 11) is 0. The summed E-state index contributed by atoms with van der Waals surface area (Å²) in [5, 5.41) is 0. The molecule has 2 fully saturated rings. The lowest BCUT2D eigenvalue weighted by Gasteiger charge is -2.36. The van der Waals surface area contributed by atoms with Gasteiger partial charge in [0.2, 0.25) is 0 Å². The van der Waals surface area contributed by atoms with E-state index in [4.69, 9.17) is 4.74 Å². The second kappa shape index (κ2) is 5.46. The van der Waals surface area contributed by atoms with E-state index in [9.17, 15) is 4.79 Å². The number of hydrogen-bond acceptors (Lipinski definition) is 2. The van der Waals surface area contributed by atoms with Crippen molar-refractivity contribution in [3.05, 3.63) is 12.2 Å². The zero-order valence-corrected chi connectivity index (χ0v) is 11.8. The van der Waals surface area contributed by atoms with Gasteiger partial charge in [0.15, 0.2) is 0 Å². The van der Waals surface area contributed by atoms with Gasteiger partial charge in [-0.25, -0.2) is 4.79 Å². The molecule has 2 rings (SSSR count). The van der Waals surface area contributed by atoms with Crippen molar-refractivity contribution in [1.29, 1.82) is 0 Å². The van der Waals surface area contributed by atoms with Crippen LogP contribution in [0, 0.1) is 11.8 Å². The summed E-state index contributed by atoms with van der Waals surface area (Å²) in [5.74, 6) is 1.18. The number of ether oxygens (including phenoxy) is 1. The van der Waals surface area contributed by atoms with Gasteiger partial charge in [0.05, 0.1) is 0 Å². The Kier molecular flexibility index (Phi) is 4.14. The number of carbonyl (C=O) groups is 1. The first-order chi connectivity index (χ1) is 8.59. The van der Waals surface area contributed by atoms with Crippen molar-refractivity contribution in [2.75, 3.05) is 0 Å². The molecule has 0 aromatic carbocycles. The largest absolute Gasteiger partial charge is 0.455 e. The predicted octanol–water partition coefficient (Wildman–Crippen LogP) is 4.24. The van der Waals surface area contributed by atoms with Gasteiger partial charge in [-0.05, 0) is 38.5 Å². The molecule has 0 N–H and O–H groups in total. The lowest BCUT2D eigenvalue weighted by atomic mass is 9.80. The average Bonchev–Trinajstić information content (AvgIpc) is 2.54. The highest BCUT2D eigenvalue weighted by Gasteiger charge is 2.49. The molecule has 2 aliphatic carbocycles. The van der Waals surface area contributed by atoms with Crippen molar-refractivity contribution in [1.82, 2.24) is 0 Å². The fourth-order valence-electron chi connectivity index (χ4n) is 3.95. The Hall–Kier alpha value is -0.790. The van der Waals surface area contributed by atoms with Crippen LogP contribution in [0.1, 0.15) is 65.2 Å².